The molecule has 1 fully saturated rings. The zero-order valence-electron chi connectivity index (χ0n) is 17.4. The maximum atomic E-state index is 13.3. The van der Waals surface area contributed by atoms with Crippen LogP contribution in [0.2, 0.25) is 0 Å². The lowest BCUT2D eigenvalue weighted by atomic mass is 10.1. The third-order valence-electron chi connectivity index (χ3n) is 5.52. The molecule has 2 heterocycles. The molecule has 152 valence electrons. The Kier molecular flexibility index (Phi) is 5.18. The van der Waals surface area contributed by atoms with Gasteiger partial charge in [0.15, 0.2) is 5.76 Å². The summed E-state index contributed by atoms with van der Waals surface area (Å²) in [6.07, 6.45) is 2.07. The van der Waals surface area contributed by atoms with E-state index in [4.69, 9.17) is 9.15 Å². The van der Waals surface area contributed by atoms with Crippen LogP contribution >= 0.6 is 0 Å². The average Bonchev–Trinajstić information content (AvgIpc) is 3.43. The number of hydrogen-bond donors (Lipinski definition) is 0. The Bertz CT molecular complexity index is 1020. The summed E-state index contributed by atoms with van der Waals surface area (Å²) in [5.41, 5.74) is 4.02. The molecule has 0 spiro atoms. The van der Waals surface area contributed by atoms with Gasteiger partial charge in [-0.3, -0.25) is 9.48 Å². The number of nitrogens with zero attached hydrogens (tertiary/aromatic N) is 3. The van der Waals surface area contributed by atoms with Crippen LogP contribution in [0, 0.1) is 20.8 Å². The van der Waals surface area contributed by atoms with Crippen molar-refractivity contribution in [3.63, 3.8) is 0 Å². The van der Waals surface area contributed by atoms with Crippen molar-refractivity contribution in [2.24, 2.45) is 7.05 Å². The summed E-state index contributed by atoms with van der Waals surface area (Å²) in [5, 5.41) is 4.49. The van der Waals surface area contributed by atoms with E-state index in [1.54, 1.807) is 0 Å². The molecule has 29 heavy (non-hydrogen) atoms. The van der Waals surface area contributed by atoms with Crippen molar-refractivity contribution in [1.82, 2.24) is 14.7 Å². The molecule has 0 N–H and O–H groups in total. The number of amides is 1. The highest BCUT2D eigenvalue weighted by molar-refractivity contribution is 5.93. The van der Waals surface area contributed by atoms with E-state index >= 15 is 0 Å². The predicted molar refractivity (Wildman–Crippen MR) is 110 cm³/mol. The maximum Gasteiger partial charge on any atom is 0.290 e. The fraction of sp³-hybridized carbons (Fsp3) is 0.391. The van der Waals surface area contributed by atoms with Crippen molar-refractivity contribution in [2.75, 3.05) is 0 Å². The molecule has 6 nitrogen and oxygen atoms in total. The molecule has 0 aliphatic heterocycles. The van der Waals surface area contributed by atoms with Crippen LogP contribution in [0.15, 0.2) is 40.8 Å². The van der Waals surface area contributed by atoms with Gasteiger partial charge in [-0.2, -0.15) is 5.10 Å². The van der Waals surface area contributed by atoms with Crippen LogP contribution in [0.3, 0.4) is 0 Å². The van der Waals surface area contributed by atoms with E-state index in [2.05, 4.69) is 5.10 Å². The highest BCUT2D eigenvalue weighted by atomic mass is 16.5. The van der Waals surface area contributed by atoms with Crippen LogP contribution in [-0.4, -0.2) is 26.6 Å². The van der Waals surface area contributed by atoms with Crippen LogP contribution in [0.25, 0.3) is 0 Å². The summed E-state index contributed by atoms with van der Waals surface area (Å²) >= 11 is 0. The smallest absolute Gasteiger partial charge is 0.290 e. The standard InChI is InChI=1S/C23H27N3O3/c1-15-12-20(14-28-19-8-6-5-7-9-19)29-22(15)23(27)26(18-10-11-18)13-21-16(2)24-25(4)17(21)3/h5-9,12,18H,10-11,13-14H2,1-4H3. The minimum Gasteiger partial charge on any atom is -0.486 e. The number of aromatic nitrogens is 2. The number of furan rings is 1. The van der Waals surface area contributed by atoms with Gasteiger partial charge < -0.3 is 14.1 Å². The number of aryl methyl sites for hydroxylation is 3. The van der Waals surface area contributed by atoms with E-state index in [9.17, 15) is 4.79 Å². The highest BCUT2D eigenvalue weighted by Gasteiger charge is 2.36. The first kappa shape index (κ1) is 19.3. The second-order valence-electron chi connectivity index (χ2n) is 7.76. The molecular weight excluding hydrogens is 366 g/mol. The number of carbonyl (C=O) groups is 1. The molecular formula is C23H27N3O3. The first-order chi connectivity index (χ1) is 13.9. The van der Waals surface area contributed by atoms with Gasteiger partial charge in [0.1, 0.15) is 18.1 Å². The molecule has 1 aliphatic carbocycles. The lowest BCUT2D eigenvalue weighted by Crippen LogP contribution is -2.33. The number of carbonyl (C=O) groups excluding carboxylic acids is 1. The molecule has 3 aromatic rings. The third-order valence-corrected chi connectivity index (χ3v) is 5.52. The zero-order valence-corrected chi connectivity index (χ0v) is 17.4. The lowest BCUT2D eigenvalue weighted by molar-refractivity contribution is 0.0691. The molecule has 0 unspecified atom stereocenters. The van der Waals surface area contributed by atoms with E-state index in [0.29, 0.717) is 24.7 Å². The van der Waals surface area contributed by atoms with E-state index in [1.807, 2.05) is 73.8 Å². The zero-order chi connectivity index (χ0) is 20.5. The molecule has 4 rings (SSSR count). The van der Waals surface area contributed by atoms with E-state index in [1.165, 1.54) is 0 Å². The van der Waals surface area contributed by atoms with Gasteiger partial charge in [0.25, 0.3) is 5.91 Å². The van der Waals surface area contributed by atoms with E-state index < -0.39 is 0 Å². The fourth-order valence-corrected chi connectivity index (χ4v) is 3.60. The van der Waals surface area contributed by atoms with Gasteiger partial charge in [-0.25, -0.2) is 0 Å². The summed E-state index contributed by atoms with van der Waals surface area (Å²) in [6, 6.07) is 11.8. The molecule has 2 aromatic heterocycles. The fourth-order valence-electron chi connectivity index (χ4n) is 3.60. The Morgan fingerprint density at radius 2 is 1.97 bits per heavy atom. The minimum atomic E-state index is -0.0568. The Balaban J connectivity index is 1.51. The van der Waals surface area contributed by atoms with Gasteiger partial charge in [0.05, 0.1) is 12.2 Å². The molecule has 1 aromatic carbocycles. The van der Waals surface area contributed by atoms with Crippen molar-refractivity contribution >= 4 is 5.91 Å². The Morgan fingerprint density at radius 1 is 1.24 bits per heavy atom. The number of para-hydroxylation sites is 1. The van der Waals surface area contributed by atoms with Crippen LogP contribution < -0.4 is 4.74 Å². The van der Waals surface area contributed by atoms with Crippen molar-refractivity contribution in [2.45, 2.75) is 52.8 Å². The summed E-state index contributed by atoms with van der Waals surface area (Å²) < 4.78 is 13.6. The quantitative estimate of drug-likeness (QED) is 0.600. The number of rotatable bonds is 7. The second kappa shape index (κ2) is 7.78. The first-order valence-corrected chi connectivity index (χ1v) is 10.0. The topological polar surface area (TPSA) is 60.5 Å². The first-order valence-electron chi connectivity index (χ1n) is 10.0. The van der Waals surface area contributed by atoms with Crippen molar-refractivity contribution in [1.29, 1.82) is 0 Å². The van der Waals surface area contributed by atoms with E-state index in [-0.39, 0.29) is 11.9 Å². The molecule has 0 bridgehead atoms. The van der Waals surface area contributed by atoms with Gasteiger partial charge in [-0.1, -0.05) is 18.2 Å². The average molecular weight is 393 g/mol. The number of benzene rings is 1. The highest BCUT2D eigenvalue weighted by Crippen LogP contribution is 2.32. The normalized spacial score (nSPS) is 13.5. The SMILES string of the molecule is Cc1cc(COc2ccccc2)oc1C(=O)N(Cc1c(C)nn(C)c1C)C1CC1. The van der Waals surface area contributed by atoms with Crippen molar-refractivity contribution in [3.05, 3.63) is 70.4 Å². The molecule has 0 saturated heterocycles. The van der Waals surface area contributed by atoms with Gasteiger partial charge in [0.2, 0.25) is 0 Å². The Morgan fingerprint density at radius 3 is 2.59 bits per heavy atom. The number of hydrogen-bond acceptors (Lipinski definition) is 4. The van der Waals surface area contributed by atoms with Gasteiger partial charge in [-0.15, -0.1) is 0 Å². The molecule has 6 heteroatoms. The van der Waals surface area contributed by atoms with Gasteiger partial charge >= 0.3 is 0 Å². The molecule has 0 atom stereocenters. The molecule has 1 aliphatic rings. The van der Waals surface area contributed by atoms with Crippen LogP contribution in [-0.2, 0) is 20.2 Å². The summed E-state index contributed by atoms with van der Waals surface area (Å²) in [5.74, 6) is 1.78. The minimum absolute atomic E-state index is 0.0568. The number of ether oxygens (including phenoxy) is 1. The lowest BCUT2D eigenvalue weighted by Gasteiger charge is -2.22. The van der Waals surface area contributed by atoms with Gasteiger partial charge in [0, 0.05) is 29.9 Å². The Labute approximate surface area is 171 Å². The summed E-state index contributed by atoms with van der Waals surface area (Å²) in [6.45, 7) is 6.80. The molecule has 1 amide bonds. The van der Waals surface area contributed by atoms with Crippen LogP contribution in [0.1, 0.15) is 51.7 Å². The monoisotopic (exact) mass is 393 g/mol. The maximum absolute atomic E-state index is 13.3. The largest absolute Gasteiger partial charge is 0.486 e. The van der Waals surface area contributed by atoms with Gasteiger partial charge in [-0.05, 0) is 51.8 Å². The molecule has 0 radical (unpaired) electrons. The summed E-state index contributed by atoms with van der Waals surface area (Å²) in [7, 11) is 1.94. The van der Waals surface area contributed by atoms with Crippen LogP contribution in [0.5, 0.6) is 5.75 Å². The van der Waals surface area contributed by atoms with Crippen molar-refractivity contribution in [3.8, 4) is 5.75 Å². The van der Waals surface area contributed by atoms with E-state index in [0.717, 1.165) is 41.1 Å². The summed E-state index contributed by atoms with van der Waals surface area (Å²) in [4.78, 5) is 15.3. The molecule has 1 saturated carbocycles. The van der Waals surface area contributed by atoms with Crippen molar-refractivity contribution < 1.29 is 13.9 Å². The van der Waals surface area contributed by atoms with Crippen LogP contribution in [0.4, 0.5) is 0 Å². The predicted octanol–water partition coefficient (Wildman–Crippen LogP) is 4.32. The third kappa shape index (κ3) is 4.06. The Hall–Kier alpha value is -3.02. The second-order valence-corrected chi connectivity index (χ2v) is 7.76.